The fourth-order valence-electron chi connectivity index (χ4n) is 3.41. The number of hydrogen-bond donors (Lipinski definition) is 1. The van der Waals surface area contributed by atoms with Gasteiger partial charge in [0.05, 0.1) is 11.4 Å². The van der Waals surface area contributed by atoms with Crippen molar-refractivity contribution >= 4 is 10.0 Å². The fraction of sp³-hybridized carbons (Fsp3) is 0.812. The van der Waals surface area contributed by atoms with Crippen LogP contribution in [0.1, 0.15) is 44.5 Å². The summed E-state index contributed by atoms with van der Waals surface area (Å²) in [5.41, 5.74) is 1.31. The molecule has 1 aliphatic rings. The number of rotatable bonds is 6. The molecule has 2 rings (SSSR count). The van der Waals surface area contributed by atoms with E-state index in [1.807, 2.05) is 25.7 Å². The van der Waals surface area contributed by atoms with E-state index in [4.69, 9.17) is 0 Å². The van der Waals surface area contributed by atoms with E-state index in [-0.39, 0.29) is 6.04 Å². The molecule has 1 N–H and O–H groups in total. The quantitative estimate of drug-likeness (QED) is 0.858. The number of hydrogen-bond acceptors (Lipinski definition) is 4. The highest BCUT2D eigenvalue weighted by Gasteiger charge is 2.32. The molecule has 132 valence electrons. The second-order valence-electron chi connectivity index (χ2n) is 7.32. The topological polar surface area (TPSA) is 67.2 Å². The molecule has 2 atom stereocenters. The first-order chi connectivity index (χ1) is 10.6. The van der Waals surface area contributed by atoms with E-state index in [0.29, 0.717) is 22.5 Å². The Kier molecular flexibility index (Phi) is 5.53. The Labute approximate surface area is 140 Å². The first kappa shape index (κ1) is 18.4. The summed E-state index contributed by atoms with van der Waals surface area (Å²) in [6.07, 6.45) is 2.79. The minimum atomic E-state index is -3.52. The molecule has 2 unspecified atom stereocenters. The molecule has 0 bridgehead atoms. The minimum absolute atomic E-state index is 0.0136. The van der Waals surface area contributed by atoms with E-state index in [1.165, 1.54) is 0 Å². The Balaban J connectivity index is 2.19. The van der Waals surface area contributed by atoms with Crippen LogP contribution in [0, 0.1) is 19.8 Å². The Morgan fingerprint density at radius 1 is 1.30 bits per heavy atom. The van der Waals surface area contributed by atoms with Crippen LogP contribution in [-0.4, -0.2) is 49.3 Å². The van der Waals surface area contributed by atoms with E-state index in [0.717, 1.165) is 31.5 Å². The molecule has 1 fully saturated rings. The zero-order valence-electron chi connectivity index (χ0n) is 15.1. The summed E-state index contributed by atoms with van der Waals surface area (Å²) >= 11 is 0. The third-order valence-electron chi connectivity index (χ3n) is 4.58. The van der Waals surface area contributed by atoms with Gasteiger partial charge in [0.25, 0.3) is 0 Å². The smallest absolute Gasteiger partial charge is 0.244 e. The van der Waals surface area contributed by atoms with Crippen LogP contribution in [0.25, 0.3) is 0 Å². The van der Waals surface area contributed by atoms with Gasteiger partial charge in [-0.2, -0.15) is 5.10 Å². The molecule has 7 heteroatoms. The van der Waals surface area contributed by atoms with Gasteiger partial charge in [0.1, 0.15) is 4.90 Å². The maximum Gasteiger partial charge on any atom is 0.244 e. The summed E-state index contributed by atoms with van der Waals surface area (Å²) in [7, 11) is 0.574. The van der Waals surface area contributed by atoms with Crippen molar-refractivity contribution in [3.05, 3.63) is 11.4 Å². The molecule has 1 heterocycles. The highest BCUT2D eigenvalue weighted by Crippen LogP contribution is 2.26. The van der Waals surface area contributed by atoms with Gasteiger partial charge in [-0.1, -0.05) is 13.8 Å². The molecule has 0 amide bonds. The summed E-state index contributed by atoms with van der Waals surface area (Å²) in [5, 5.41) is 4.42. The fourth-order valence-corrected chi connectivity index (χ4v) is 5.10. The van der Waals surface area contributed by atoms with Gasteiger partial charge in [0.2, 0.25) is 10.0 Å². The van der Waals surface area contributed by atoms with E-state index < -0.39 is 10.0 Å². The van der Waals surface area contributed by atoms with Gasteiger partial charge in [-0.25, -0.2) is 13.1 Å². The zero-order chi connectivity index (χ0) is 17.4. The Hall–Kier alpha value is -0.920. The number of sulfonamides is 1. The predicted octanol–water partition coefficient (Wildman–Crippen LogP) is 1.92. The maximum atomic E-state index is 12.8. The summed E-state index contributed by atoms with van der Waals surface area (Å²) in [4.78, 5) is 2.53. The molecule has 1 saturated carbocycles. The largest absolute Gasteiger partial charge is 0.306 e. The summed E-state index contributed by atoms with van der Waals surface area (Å²) < 4.78 is 30.4. The first-order valence-corrected chi connectivity index (χ1v) is 9.83. The number of aryl methyl sites for hydroxylation is 1. The highest BCUT2D eigenvalue weighted by molar-refractivity contribution is 7.89. The molecule has 0 saturated heterocycles. The number of nitrogens with zero attached hydrogens (tertiary/aromatic N) is 3. The van der Waals surface area contributed by atoms with E-state index in [1.54, 1.807) is 6.92 Å². The monoisotopic (exact) mass is 342 g/mol. The van der Waals surface area contributed by atoms with Crippen LogP contribution < -0.4 is 4.72 Å². The molecular formula is C16H30N4O2S. The third kappa shape index (κ3) is 4.14. The van der Waals surface area contributed by atoms with Crippen LogP contribution in [0.5, 0.6) is 0 Å². The normalized spacial score (nSPS) is 22.4. The predicted molar refractivity (Wildman–Crippen MR) is 92.0 cm³/mol. The van der Waals surface area contributed by atoms with Crippen molar-refractivity contribution in [2.75, 3.05) is 14.1 Å². The van der Waals surface area contributed by atoms with Gasteiger partial charge < -0.3 is 4.90 Å². The highest BCUT2D eigenvalue weighted by atomic mass is 32.2. The molecule has 1 aromatic rings. The van der Waals surface area contributed by atoms with Crippen molar-refractivity contribution < 1.29 is 8.42 Å². The van der Waals surface area contributed by atoms with Gasteiger partial charge >= 0.3 is 0 Å². The lowest BCUT2D eigenvalue weighted by Crippen LogP contribution is -2.35. The molecule has 6 nitrogen and oxygen atoms in total. The maximum absolute atomic E-state index is 12.8. The first-order valence-electron chi connectivity index (χ1n) is 8.34. The SMILES string of the molecule is Cc1nn(CC(C)C)c(C)c1S(=O)(=O)NC1CCC(N(C)C)C1. The molecule has 0 aromatic carbocycles. The minimum Gasteiger partial charge on any atom is -0.306 e. The molecule has 0 radical (unpaired) electrons. The van der Waals surface area contributed by atoms with Crippen LogP contribution in [0.2, 0.25) is 0 Å². The Morgan fingerprint density at radius 2 is 1.96 bits per heavy atom. The summed E-state index contributed by atoms with van der Waals surface area (Å²) in [5.74, 6) is 0.423. The third-order valence-corrected chi connectivity index (χ3v) is 6.35. The summed E-state index contributed by atoms with van der Waals surface area (Å²) in [6, 6.07) is 0.466. The Bertz CT molecular complexity index is 649. The average molecular weight is 343 g/mol. The lowest BCUT2D eigenvalue weighted by atomic mass is 10.2. The van der Waals surface area contributed by atoms with E-state index >= 15 is 0 Å². The lowest BCUT2D eigenvalue weighted by Gasteiger charge is -2.19. The van der Waals surface area contributed by atoms with Crippen molar-refractivity contribution in [1.82, 2.24) is 19.4 Å². The second kappa shape index (κ2) is 6.91. The van der Waals surface area contributed by atoms with Gasteiger partial charge in [-0.3, -0.25) is 4.68 Å². The zero-order valence-corrected chi connectivity index (χ0v) is 15.9. The molecule has 1 aliphatic carbocycles. The molecule has 23 heavy (non-hydrogen) atoms. The van der Waals surface area contributed by atoms with Crippen LogP contribution in [-0.2, 0) is 16.6 Å². The van der Waals surface area contributed by atoms with Crippen molar-refractivity contribution in [2.45, 2.75) is 70.5 Å². The number of nitrogens with one attached hydrogen (secondary N) is 1. The van der Waals surface area contributed by atoms with Crippen LogP contribution in [0.4, 0.5) is 0 Å². The van der Waals surface area contributed by atoms with Crippen LogP contribution in [0.3, 0.4) is 0 Å². The van der Waals surface area contributed by atoms with Crippen molar-refractivity contribution in [1.29, 1.82) is 0 Å². The summed E-state index contributed by atoms with van der Waals surface area (Å²) in [6.45, 7) is 8.55. The average Bonchev–Trinajstić information content (AvgIpc) is 2.94. The lowest BCUT2D eigenvalue weighted by molar-refractivity contribution is 0.295. The van der Waals surface area contributed by atoms with Gasteiger partial charge in [0, 0.05) is 18.6 Å². The standard InChI is InChI=1S/C16H30N4O2S/c1-11(2)10-20-13(4)16(12(3)17-20)23(21,22)18-14-7-8-15(9-14)19(5)6/h11,14-15,18H,7-10H2,1-6H3. The van der Waals surface area contributed by atoms with E-state index in [9.17, 15) is 8.42 Å². The molecular weight excluding hydrogens is 312 g/mol. The van der Waals surface area contributed by atoms with Crippen molar-refractivity contribution in [3.63, 3.8) is 0 Å². The molecule has 0 aliphatic heterocycles. The van der Waals surface area contributed by atoms with Crippen LogP contribution in [0.15, 0.2) is 4.90 Å². The van der Waals surface area contributed by atoms with Crippen molar-refractivity contribution in [3.8, 4) is 0 Å². The Morgan fingerprint density at radius 3 is 2.48 bits per heavy atom. The van der Waals surface area contributed by atoms with Crippen LogP contribution >= 0.6 is 0 Å². The number of aromatic nitrogens is 2. The molecule has 1 aromatic heterocycles. The van der Waals surface area contributed by atoms with Crippen molar-refractivity contribution in [2.24, 2.45) is 5.92 Å². The molecule has 0 spiro atoms. The van der Waals surface area contributed by atoms with Gasteiger partial charge in [-0.15, -0.1) is 0 Å². The van der Waals surface area contributed by atoms with Gasteiger partial charge in [0.15, 0.2) is 0 Å². The van der Waals surface area contributed by atoms with E-state index in [2.05, 4.69) is 28.6 Å². The second-order valence-corrected chi connectivity index (χ2v) is 8.98. The van der Waals surface area contributed by atoms with Gasteiger partial charge in [-0.05, 0) is 53.1 Å².